The predicted molar refractivity (Wildman–Crippen MR) is 82.9 cm³/mol. The highest BCUT2D eigenvalue weighted by molar-refractivity contribution is 6.09. The summed E-state index contributed by atoms with van der Waals surface area (Å²) in [4.78, 5) is 39.5. The smallest absolute Gasteiger partial charge is 0.339 e. The molecule has 5 nitrogen and oxygen atoms in total. The SMILES string of the molecule is C[C@H]1C(=O)C23CCC1C[C@@]21O[C@@H]2C(C)(C)C=CC(=O)C23COC1=O. The molecule has 6 rings (SSSR count). The molecule has 0 aromatic rings. The Hall–Kier alpha value is -1.49. The van der Waals surface area contributed by atoms with E-state index in [1.807, 2.05) is 26.8 Å². The van der Waals surface area contributed by atoms with Crippen molar-refractivity contribution >= 4 is 17.5 Å². The van der Waals surface area contributed by atoms with Gasteiger partial charge in [0.2, 0.25) is 0 Å². The van der Waals surface area contributed by atoms with Gasteiger partial charge in [0.05, 0.1) is 11.5 Å². The van der Waals surface area contributed by atoms with Crippen LogP contribution in [0.25, 0.3) is 0 Å². The number of esters is 1. The van der Waals surface area contributed by atoms with Crippen LogP contribution in [0.4, 0.5) is 0 Å². The van der Waals surface area contributed by atoms with Crippen LogP contribution in [0.3, 0.4) is 0 Å². The largest absolute Gasteiger partial charge is 0.462 e. The Morgan fingerprint density at radius 3 is 2.71 bits per heavy atom. The molecule has 6 atom stereocenters. The molecule has 0 N–H and O–H groups in total. The molecule has 3 saturated carbocycles. The Bertz CT molecular complexity index is 736. The van der Waals surface area contributed by atoms with Crippen molar-refractivity contribution in [1.82, 2.24) is 0 Å². The summed E-state index contributed by atoms with van der Waals surface area (Å²) < 4.78 is 12.0. The highest BCUT2D eigenvalue weighted by Crippen LogP contribution is 2.75. The average Bonchev–Trinajstić information content (AvgIpc) is 2.76. The number of cyclic esters (lactones) is 1. The highest BCUT2D eigenvalue weighted by Gasteiger charge is 2.88. The molecule has 0 amide bonds. The van der Waals surface area contributed by atoms with E-state index in [9.17, 15) is 14.4 Å². The fourth-order valence-corrected chi connectivity index (χ4v) is 6.60. The minimum Gasteiger partial charge on any atom is -0.462 e. The first-order valence-electron chi connectivity index (χ1n) is 8.86. The number of ether oxygens (including phenoxy) is 2. The third kappa shape index (κ3) is 1.15. The van der Waals surface area contributed by atoms with Crippen LogP contribution in [0, 0.1) is 28.1 Å². The van der Waals surface area contributed by atoms with E-state index in [1.165, 1.54) is 0 Å². The average molecular weight is 330 g/mol. The van der Waals surface area contributed by atoms with Crippen LogP contribution in [0.5, 0.6) is 0 Å². The fraction of sp³-hybridized carbons (Fsp3) is 0.737. The predicted octanol–water partition coefficient (Wildman–Crippen LogP) is 1.84. The number of carbonyl (C=O) groups is 3. The number of Topliss-reactive ketones (excluding diaryl/α,β-unsaturated/α-hetero) is 1. The van der Waals surface area contributed by atoms with E-state index in [0.717, 1.165) is 6.42 Å². The van der Waals surface area contributed by atoms with Gasteiger partial charge in [-0.05, 0) is 31.3 Å². The summed E-state index contributed by atoms with van der Waals surface area (Å²) in [5.41, 5.74) is -3.80. The molecule has 4 aliphatic carbocycles. The molecule has 2 heterocycles. The van der Waals surface area contributed by atoms with Gasteiger partial charge in [-0.15, -0.1) is 0 Å². The molecule has 5 heteroatoms. The van der Waals surface area contributed by atoms with Crippen molar-refractivity contribution in [3.05, 3.63) is 12.2 Å². The maximum absolute atomic E-state index is 13.5. The lowest BCUT2D eigenvalue weighted by atomic mass is 9.38. The summed E-state index contributed by atoms with van der Waals surface area (Å²) in [6, 6.07) is 0. The van der Waals surface area contributed by atoms with Crippen molar-refractivity contribution in [2.45, 2.75) is 51.7 Å². The zero-order valence-corrected chi connectivity index (χ0v) is 14.3. The van der Waals surface area contributed by atoms with Crippen LogP contribution in [0.1, 0.15) is 40.0 Å². The number of carbonyl (C=O) groups excluding carboxylic acids is 3. The molecule has 2 aliphatic heterocycles. The van der Waals surface area contributed by atoms with Crippen LogP contribution in [-0.2, 0) is 23.9 Å². The topological polar surface area (TPSA) is 69.7 Å². The molecule has 128 valence electrons. The van der Waals surface area contributed by atoms with Crippen molar-refractivity contribution in [2.24, 2.45) is 28.1 Å². The minimum atomic E-state index is -1.26. The first-order valence-corrected chi connectivity index (χ1v) is 8.86. The lowest BCUT2D eigenvalue weighted by Gasteiger charge is -2.61. The van der Waals surface area contributed by atoms with Gasteiger partial charge in [0.1, 0.15) is 17.8 Å². The second-order valence-electron chi connectivity index (χ2n) is 8.95. The van der Waals surface area contributed by atoms with Crippen LogP contribution >= 0.6 is 0 Å². The Kier molecular flexibility index (Phi) is 2.37. The van der Waals surface area contributed by atoms with Gasteiger partial charge >= 0.3 is 5.97 Å². The Balaban J connectivity index is 1.87. The summed E-state index contributed by atoms with van der Waals surface area (Å²) in [6.07, 6.45) is 4.88. The second-order valence-corrected chi connectivity index (χ2v) is 8.95. The van der Waals surface area contributed by atoms with E-state index in [2.05, 4.69) is 0 Å². The number of rotatable bonds is 0. The third-order valence-electron chi connectivity index (χ3n) is 7.74. The molecule has 24 heavy (non-hydrogen) atoms. The van der Waals surface area contributed by atoms with E-state index >= 15 is 0 Å². The summed E-state index contributed by atoms with van der Waals surface area (Å²) >= 11 is 0. The molecule has 0 aromatic heterocycles. The molecule has 6 aliphatic rings. The van der Waals surface area contributed by atoms with Crippen LogP contribution < -0.4 is 0 Å². The Morgan fingerprint density at radius 2 is 1.96 bits per heavy atom. The van der Waals surface area contributed by atoms with E-state index < -0.39 is 33.9 Å². The zero-order valence-electron chi connectivity index (χ0n) is 14.3. The Morgan fingerprint density at radius 1 is 1.21 bits per heavy atom. The molecule has 4 bridgehead atoms. The number of ketones is 2. The lowest BCUT2D eigenvalue weighted by molar-refractivity contribution is -0.222. The number of hydrogen-bond donors (Lipinski definition) is 0. The third-order valence-corrected chi connectivity index (χ3v) is 7.74. The molecular weight excluding hydrogens is 308 g/mol. The molecule has 0 aromatic carbocycles. The number of hydrogen-bond acceptors (Lipinski definition) is 5. The van der Waals surface area contributed by atoms with Gasteiger partial charge in [-0.3, -0.25) is 9.59 Å². The van der Waals surface area contributed by atoms with Gasteiger partial charge in [0.15, 0.2) is 11.4 Å². The molecule has 5 fully saturated rings. The molecule has 0 radical (unpaired) electrons. The summed E-state index contributed by atoms with van der Waals surface area (Å²) in [5, 5.41) is 0. The first kappa shape index (κ1) is 14.8. The standard InChI is InChI=1S/C19H22O5/c1-10-11-4-7-18(13(10)21)17-9-23-15(22)19(18,8-11)24-14(17)16(2,3)6-5-12(17)20/h5-6,10-11,14H,4,7-9H2,1-3H3/t10-,11?,14-,17?,18?,19+/m1/s1. The normalized spacial score (nSPS) is 53.6. The summed E-state index contributed by atoms with van der Waals surface area (Å²) in [5.74, 6) is -0.492. The van der Waals surface area contributed by atoms with Gasteiger partial charge in [-0.2, -0.15) is 0 Å². The number of fused-ring (bicyclic) bond motifs is 2. The van der Waals surface area contributed by atoms with E-state index in [-0.39, 0.29) is 30.0 Å². The second kappa shape index (κ2) is 3.85. The molecule has 2 saturated heterocycles. The maximum atomic E-state index is 13.5. The van der Waals surface area contributed by atoms with Crippen molar-refractivity contribution in [2.75, 3.05) is 6.61 Å². The molecule has 3 unspecified atom stereocenters. The van der Waals surface area contributed by atoms with Crippen molar-refractivity contribution in [1.29, 1.82) is 0 Å². The van der Waals surface area contributed by atoms with Crippen LogP contribution in [0.15, 0.2) is 12.2 Å². The maximum Gasteiger partial charge on any atom is 0.339 e. The fourth-order valence-electron chi connectivity index (χ4n) is 6.60. The highest BCUT2D eigenvalue weighted by atomic mass is 16.6. The van der Waals surface area contributed by atoms with Gasteiger partial charge in [0.25, 0.3) is 0 Å². The zero-order chi connectivity index (χ0) is 17.1. The van der Waals surface area contributed by atoms with Gasteiger partial charge in [0, 0.05) is 11.3 Å². The van der Waals surface area contributed by atoms with E-state index in [0.29, 0.717) is 12.8 Å². The number of allylic oxidation sites excluding steroid dienone is 1. The molecule has 2 spiro atoms. The monoisotopic (exact) mass is 330 g/mol. The van der Waals surface area contributed by atoms with Crippen LogP contribution in [-0.4, -0.2) is 35.8 Å². The van der Waals surface area contributed by atoms with Gasteiger partial charge in [-0.25, -0.2) is 4.79 Å². The van der Waals surface area contributed by atoms with Gasteiger partial charge < -0.3 is 9.47 Å². The van der Waals surface area contributed by atoms with Crippen LogP contribution in [0.2, 0.25) is 0 Å². The van der Waals surface area contributed by atoms with E-state index in [1.54, 1.807) is 6.08 Å². The Labute approximate surface area is 140 Å². The van der Waals surface area contributed by atoms with E-state index in [4.69, 9.17) is 9.47 Å². The summed E-state index contributed by atoms with van der Waals surface area (Å²) in [7, 11) is 0. The first-order chi connectivity index (χ1) is 11.2. The summed E-state index contributed by atoms with van der Waals surface area (Å²) in [6.45, 7) is 5.92. The van der Waals surface area contributed by atoms with Gasteiger partial charge in [-0.1, -0.05) is 26.8 Å². The quantitative estimate of drug-likeness (QED) is 0.634. The molecular formula is C19H22O5. The lowest BCUT2D eigenvalue weighted by Crippen LogP contribution is -2.75. The van der Waals surface area contributed by atoms with Crippen molar-refractivity contribution in [3.63, 3.8) is 0 Å². The van der Waals surface area contributed by atoms with Crippen molar-refractivity contribution < 1.29 is 23.9 Å². The van der Waals surface area contributed by atoms with Crippen molar-refractivity contribution in [3.8, 4) is 0 Å². The minimum absolute atomic E-state index is 0.0338.